The highest BCUT2D eigenvalue weighted by Crippen LogP contribution is 2.26. The van der Waals surface area contributed by atoms with Crippen LogP contribution in [0.15, 0.2) is 72.0 Å². The molecule has 35 heavy (non-hydrogen) atoms. The van der Waals surface area contributed by atoms with E-state index in [2.05, 4.69) is 42.5 Å². The Balaban J connectivity index is 1.19. The number of anilines is 2. The minimum Gasteiger partial charge on any atom is -0.368 e. The van der Waals surface area contributed by atoms with Crippen molar-refractivity contribution in [3.63, 3.8) is 0 Å². The average Bonchev–Trinajstić information content (AvgIpc) is 3.33. The summed E-state index contributed by atoms with van der Waals surface area (Å²) in [4.78, 5) is 25.1. The highest BCUT2D eigenvalue weighted by molar-refractivity contribution is 7.92. The number of fused-ring (bicyclic) bond motifs is 1. The standard InChI is InChI=1S/C25H27N6O3S/c1-19(31-13-11-20-4-2-3-5-23(20)31)25(32)30-16-14-29(15-17-30)21-6-8-22(9-7-21)35(33,34)28-24-10-12-26-18-27-24/h2-10,12-13,18-19H,11,14-17H2,1H3,(H,26,27,28)/q+1. The van der Waals surface area contributed by atoms with E-state index in [1.54, 1.807) is 24.3 Å². The Bertz CT molecular complexity index is 1350. The Labute approximate surface area is 204 Å². The zero-order valence-corrected chi connectivity index (χ0v) is 20.2. The summed E-state index contributed by atoms with van der Waals surface area (Å²) in [6, 6.07) is 16.2. The van der Waals surface area contributed by atoms with Gasteiger partial charge in [0.05, 0.1) is 11.3 Å². The molecule has 1 saturated heterocycles. The van der Waals surface area contributed by atoms with Crippen molar-refractivity contribution in [2.24, 2.45) is 0 Å². The first kappa shape index (κ1) is 23.0. The summed E-state index contributed by atoms with van der Waals surface area (Å²) in [6.45, 7) is 4.57. The van der Waals surface area contributed by atoms with Gasteiger partial charge in [-0.15, -0.1) is 0 Å². The lowest BCUT2D eigenvalue weighted by Crippen LogP contribution is -2.52. The van der Waals surface area contributed by atoms with Gasteiger partial charge in [0.2, 0.25) is 11.7 Å². The van der Waals surface area contributed by atoms with Crippen molar-refractivity contribution in [2.45, 2.75) is 24.3 Å². The number of aromatic nitrogens is 2. The van der Waals surface area contributed by atoms with Gasteiger partial charge in [-0.05, 0) is 30.3 Å². The van der Waals surface area contributed by atoms with Gasteiger partial charge in [0.25, 0.3) is 15.9 Å². The molecule has 1 N–H and O–H groups in total. The van der Waals surface area contributed by atoms with E-state index < -0.39 is 10.0 Å². The number of sulfonamides is 1. The van der Waals surface area contributed by atoms with Crippen molar-refractivity contribution in [3.05, 3.63) is 72.7 Å². The number of hydrogen-bond donors (Lipinski definition) is 1. The van der Waals surface area contributed by atoms with E-state index in [0.29, 0.717) is 26.2 Å². The van der Waals surface area contributed by atoms with Gasteiger partial charge in [0, 0.05) is 56.6 Å². The first-order valence-electron chi connectivity index (χ1n) is 11.5. The van der Waals surface area contributed by atoms with E-state index in [0.717, 1.165) is 17.8 Å². The molecule has 3 heterocycles. The fraction of sp³-hybridized carbons (Fsp3) is 0.280. The van der Waals surface area contributed by atoms with Crippen LogP contribution >= 0.6 is 0 Å². The molecule has 1 fully saturated rings. The van der Waals surface area contributed by atoms with Gasteiger partial charge in [-0.1, -0.05) is 18.2 Å². The van der Waals surface area contributed by atoms with Crippen LogP contribution in [0.25, 0.3) is 0 Å². The molecule has 180 valence electrons. The number of rotatable bonds is 6. The van der Waals surface area contributed by atoms with Crippen molar-refractivity contribution in [2.75, 3.05) is 35.8 Å². The van der Waals surface area contributed by atoms with Crippen molar-refractivity contribution in [1.29, 1.82) is 0 Å². The lowest BCUT2D eigenvalue weighted by molar-refractivity contribution is -0.460. The highest BCUT2D eigenvalue weighted by atomic mass is 32.2. The van der Waals surface area contributed by atoms with E-state index in [9.17, 15) is 13.2 Å². The molecule has 0 aliphatic carbocycles. The van der Waals surface area contributed by atoms with E-state index >= 15 is 0 Å². The first-order valence-corrected chi connectivity index (χ1v) is 13.0. The van der Waals surface area contributed by atoms with E-state index in [-0.39, 0.29) is 22.7 Å². The molecule has 2 aromatic carbocycles. The molecule has 1 atom stereocenters. The number of hydrogen-bond acceptors (Lipinski definition) is 6. The molecule has 0 saturated carbocycles. The molecule has 2 aliphatic rings. The molecular weight excluding hydrogens is 464 g/mol. The van der Waals surface area contributed by atoms with Crippen molar-refractivity contribution < 1.29 is 17.8 Å². The Morgan fingerprint density at radius 3 is 2.49 bits per heavy atom. The topological polar surface area (TPSA) is 98.5 Å². The van der Waals surface area contributed by atoms with Crippen LogP contribution in [0.4, 0.5) is 17.2 Å². The normalized spacial score (nSPS) is 16.4. The number of carbonyl (C=O) groups is 1. The molecule has 9 nitrogen and oxygen atoms in total. The van der Waals surface area contributed by atoms with E-state index in [1.807, 2.05) is 24.0 Å². The second kappa shape index (κ2) is 9.46. The molecule has 0 spiro atoms. The monoisotopic (exact) mass is 491 g/mol. The fourth-order valence-corrected chi connectivity index (χ4v) is 5.56. The van der Waals surface area contributed by atoms with Gasteiger partial charge in [0.1, 0.15) is 12.1 Å². The molecule has 0 bridgehead atoms. The van der Waals surface area contributed by atoms with Crippen LogP contribution in [0.5, 0.6) is 0 Å². The number of nitrogens with zero attached hydrogens (tertiary/aromatic N) is 5. The van der Waals surface area contributed by atoms with E-state index in [1.165, 1.54) is 24.2 Å². The van der Waals surface area contributed by atoms with Gasteiger partial charge in [-0.3, -0.25) is 9.52 Å². The summed E-state index contributed by atoms with van der Waals surface area (Å²) in [5, 5.41) is 0. The number of benzene rings is 2. The second-order valence-electron chi connectivity index (χ2n) is 8.61. The maximum absolute atomic E-state index is 13.2. The van der Waals surface area contributed by atoms with Crippen molar-refractivity contribution in [1.82, 2.24) is 14.9 Å². The first-order chi connectivity index (χ1) is 16.9. The summed E-state index contributed by atoms with van der Waals surface area (Å²) in [6.07, 6.45) is 5.70. The minimum atomic E-state index is -3.74. The number of para-hydroxylation sites is 1. The van der Waals surface area contributed by atoms with Crippen LogP contribution in [-0.4, -0.2) is 72.2 Å². The summed E-state index contributed by atoms with van der Waals surface area (Å²) in [7, 11) is -3.74. The van der Waals surface area contributed by atoms with Crippen LogP contribution in [0, 0.1) is 0 Å². The Morgan fingerprint density at radius 2 is 1.77 bits per heavy atom. The molecule has 2 aliphatic heterocycles. The van der Waals surface area contributed by atoms with Crippen LogP contribution in [0.3, 0.4) is 0 Å². The summed E-state index contributed by atoms with van der Waals surface area (Å²) < 4.78 is 29.8. The van der Waals surface area contributed by atoms with Gasteiger partial charge < -0.3 is 9.80 Å². The van der Waals surface area contributed by atoms with Crippen LogP contribution in [0.2, 0.25) is 0 Å². The molecule has 1 amide bonds. The third-order valence-electron chi connectivity index (χ3n) is 6.48. The predicted molar refractivity (Wildman–Crippen MR) is 134 cm³/mol. The second-order valence-corrected chi connectivity index (χ2v) is 10.3. The van der Waals surface area contributed by atoms with Gasteiger partial charge in [-0.25, -0.2) is 18.4 Å². The van der Waals surface area contributed by atoms with Crippen LogP contribution in [0.1, 0.15) is 12.5 Å². The molecule has 5 rings (SSSR count). The molecule has 1 unspecified atom stereocenters. The summed E-state index contributed by atoms with van der Waals surface area (Å²) in [5.74, 6) is 0.337. The SMILES string of the molecule is CC(C(=O)N1CCN(c2ccc(S(=O)(=O)Nc3ccncn3)cc2)CC1)[N+]1=CCc2ccccc21. The lowest BCUT2D eigenvalue weighted by atomic mass is 10.1. The predicted octanol–water partition coefficient (Wildman–Crippen LogP) is 2.29. The minimum absolute atomic E-state index is 0.120. The quantitative estimate of drug-likeness (QED) is 0.532. The highest BCUT2D eigenvalue weighted by Gasteiger charge is 2.35. The Kier molecular flexibility index (Phi) is 6.21. The smallest absolute Gasteiger partial charge is 0.291 e. The van der Waals surface area contributed by atoms with Gasteiger partial charge in [0.15, 0.2) is 6.21 Å². The summed E-state index contributed by atoms with van der Waals surface area (Å²) >= 11 is 0. The molecule has 0 radical (unpaired) electrons. The van der Waals surface area contributed by atoms with Gasteiger partial charge >= 0.3 is 0 Å². The zero-order chi connectivity index (χ0) is 24.4. The van der Waals surface area contributed by atoms with Crippen molar-refractivity contribution in [3.8, 4) is 0 Å². The fourth-order valence-electron chi connectivity index (χ4n) is 4.55. The largest absolute Gasteiger partial charge is 0.368 e. The number of nitrogens with one attached hydrogen (secondary N) is 1. The molecular formula is C25H27N6O3S+. The Hall–Kier alpha value is -3.79. The lowest BCUT2D eigenvalue weighted by Gasteiger charge is -2.36. The zero-order valence-electron chi connectivity index (χ0n) is 19.4. The third kappa shape index (κ3) is 4.74. The molecule has 3 aromatic rings. The average molecular weight is 492 g/mol. The number of amides is 1. The summed E-state index contributed by atoms with van der Waals surface area (Å²) in [5.41, 5.74) is 3.28. The van der Waals surface area contributed by atoms with Gasteiger partial charge in [-0.2, -0.15) is 4.58 Å². The number of piperazine rings is 1. The maximum atomic E-state index is 13.2. The van der Waals surface area contributed by atoms with Crippen LogP contribution < -0.4 is 9.62 Å². The molecule has 1 aromatic heterocycles. The Morgan fingerprint density at radius 1 is 1.03 bits per heavy atom. The van der Waals surface area contributed by atoms with E-state index in [4.69, 9.17) is 0 Å². The van der Waals surface area contributed by atoms with Crippen LogP contribution in [-0.2, 0) is 21.2 Å². The third-order valence-corrected chi connectivity index (χ3v) is 7.85. The maximum Gasteiger partial charge on any atom is 0.291 e. The number of carbonyl (C=O) groups excluding carboxylic acids is 1. The van der Waals surface area contributed by atoms with Crippen molar-refractivity contribution >= 4 is 39.3 Å². The molecule has 10 heteroatoms.